The second-order valence-electron chi connectivity index (χ2n) is 6.75. The second kappa shape index (κ2) is 7.80. The van der Waals surface area contributed by atoms with Crippen LogP contribution in [0.15, 0.2) is 53.1 Å². The van der Waals surface area contributed by atoms with Gasteiger partial charge in [0.2, 0.25) is 11.7 Å². The summed E-state index contributed by atoms with van der Waals surface area (Å²) in [6, 6.07) is 15.9. The van der Waals surface area contributed by atoms with Gasteiger partial charge >= 0.3 is 0 Å². The van der Waals surface area contributed by atoms with Gasteiger partial charge < -0.3 is 14.0 Å². The summed E-state index contributed by atoms with van der Waals surface area (Å²) >= 11 is 0. The summed E-state index contributed by atoms with van der Waals surface area (Å²) in [6.07, 6.45) is 1.03. The average molecular weight is 365 g/mol. The van der Waals surface area contributed by atoms with Crippen LogP contribution in [0.1, 0.15) is 23.8 Å². The molecule has 1 aliphatic rings. The first-order chi connectivity index (χ1) is 13.2. The highest BCUT2D eigenvalue weighted by atomic mass is 16.5. The van der Waals surface area contributed by atoms with Crippen LogP contribution >= 0.6 is 0 Å². The maximum absolute atomic E-state index is 5.55. The van der Waals surface area contributed by atoms with Crippen molar-refractivity contribution in [2.24, 2.45) is 0 Å². The topological polar surface area (TPSA) is 60.6 Å². The largest absolute Gasteiger partial charge is 0.497 e. The van der Waals surface area contributed by atoms with E-state index in [-0.39, 0.29) is 5.92 Å². The highest BCUT2D eigenvalue weighted by Crippen LogP contribution is 2.29. The molecule has 1 aliphatic heterocycles. The van der Waals surface area contributed by atoms with Crippen molar-refractivity contribution < 1.29 is 14.0 Å². The first-order valence-electron chi connectivity index (χ1n) is 9.08. The van der Waals surface area contributed by atoms with E-state index < -0.39 is 0 Å². The number of hydrogen-bond donors (Lipinski definition) is 0. The Morgan fingerprint density at radius 2 is 1.67 bits per heavy atom. The van der Waals surface area contributed by atoms with Crippen molar-refractivity contribution in [1.82, 2.24) is 15.0 Å². The number of ether oxygens (including phenoxy) is 2. The molecule has 0 unspecified atom stereocenters. The van der Waals surface area contributed by atoms with E-state index in [1.54, 1.807) is 14.2 Å². The number of nitrogens with zero attached hydrogens (tertiary/aromatic N) is 3. The monoisotopic (exact) mass is 365 g/mol. The van der Waals surface area contributed by atoms with Gasteiger partial charge in [-0.15, -0.1) is 0 Å². The lowest BCUT2D eigenvalue weighted by Gasteiger charge is -2.15. The molecule has 0 aliphatic carbocycles. The average Bonchev–Trinajstić information content (AvgIpc) is 3.38. The molecule has 0 spiro atoms. The lowest BCUT2D eigenvalue weighted by molar-refractivity contribution is 0.309. The predicted octanol–water partition coefficient (Wildman–Crippen LogP) is 3.74. The molecule has 2 aromatic carbocycles. The van der Waals surface area contributed by atoms with Crippen molar-refractivity contribution in [3.63, 3.8) is 0 Å². The molecule has 1 atom stereocenters. The minimum atomic E-state index is 0.280. The molecule has 0 N–H and O–H groups in total. The molecule has 140 valence electrons. The molecule has 4 rings (SSSR count). The molecule has 0 bridgehead atoms. The highest BCUT2D eigenvalue weighted by Gasteiger charge is 2.28. The number of hydrogen-bond acceptors (Lipinski definition) is 6. The van der Waals surface area contributed by atoms with E-state index in [1.165, 1.54) is 5.56 Å². The van der Waals surface area contributed by atoms with E-state index >= 15 is 0 Å². The summed E-state index contributed by atoms with van der Waals surface area (Å²) in [5.41, 5.74) is 2.21. The number of benzene rings is 2. The maximum Gasteiger partial charge on any atom is 0.231 e. The van der Waals surface area contributed by atoms with Crippen molar-refractivity contribution in [1.29, 1.82) is 0 Å². The fourth-order valence-corrected chi connectivity index (χ4v) is 3.43. The Hall–Kier alpha value is -2.86. The van der Waals surface area contributed by atoms with Gasteiger partial charge in [-0.1, -0.05) is 17.3 Å². The van der Waals surface area contributed by atoms with E-state index in [9.17, 15) is 0 Å². The third-order valence-electron chi connectivity index (χ3n) is 4.98. The Bertz CT molecular complexity index is 874. The summed E-state index contributed by atoms with van der Waals surface area (Å²) in [4.78, 5) is 7.04. The molecule has 2 heterocycles. The Morgan fingerprint density at radius 3 is 2.33 bits per heavy atom. The van der Waals surface area contributed by atoms with Crippen LogP contribution in [0.2, 0.25) is 0 Å². The van der Waals surface area contributed by atoms with Crippen LogP contribution in [0, 0.1) is 0 Å². The van der Waals surface area contributed by atoms with Crippen molar-refractivity contribution in [2.45, 2.75) is 18.9 Å². The lowest BCUT2D eigenvalue weighted by Crippen LogP contribution is -2.19. The minimum absolute atomic E-state index is 0.280. The van der Waals surface area contributed by atoms with Gasteiger partial charge in [-0.25, -0.2) is 0 Å². The van der Waals surface area contributed by atoms with Gasteiger partial charge in [0.15, 0.2) is 0 Å². The standard InChI is InChI=1S/C21H23N3O3/c1-25-18-7-3-15(4-8-18)13-24-12-11-17(14-24)21-22-20(23-27-21)16-5-9-19(26-2)10-6-16/h3-10,17H,11-14H2,1-2H3/t17-/m0/s1. The van der Waals surface area contributed by atoms with Gasteiger partial charge in [0.1, 0.15) is 11.5 Å². The Morgan fingerprint density at radius 1 is 1.00 bits per heavy atom. The SMILES string of the molecule is COc1ccc(CN2CC[C@H](c3nc(-c4ccc(OC)cc4)no3)C2)cc1. The summed E-state index contributed by atoms with van der Waals surface area (Å²) in [6.45, 7) is 2.87. The van der Waals surface area contributed by atoms with E-state index in [4.69, 9.17) is 14.0 Å². The molecule has 1 fully saturated rings. The lowest BCUT2D eigenvalue weighted by atomic mass is 10.1. The van der Waals surface area contributed by atoms with Crippen LogP contribution in [-0.4, -0.2) is 42.3 Å². The first-order valence-corrected chi connectivity index (χ1v) is 9.08. The van der Waals surface area contributed by atoms with Crippen LogP contribution in [-0.2, 0) is 6.54 Å². The summed E-state index contributed by atoms with van der Waals surface area (Å²) < 4.78 is 16.0. The van der Waals surface area contributed by atoms with Gasteiger partial charge in [0, 0.05) is 18.7 Å². The zero-order valence-electron chi connectivity index (χ0n) is 15.6. The van der Waals surface area contributed by atoms with Gasteiger partial charge in [-0.3, -0.25) is 4.90 Å². The normalized spacial score (nSPS) is 17.2. The fraction of sp³-hybridized carbons (Fsp3) is 0.333. The molecular weight excluding hydrogens is 342 g/mol. The molecule has 0 amide bonds. The summed E-state index contributed by atoms with van der Waals surface area (Å²) in [5.74, 6) is 3.32. The highest BCUT2D eigenvalue weighted by molar-refractivity contribution is 5.55. The number of likely N-dealkylation sites (tertiary alicyclic amines) is 1. The van der Waals surface area contributed by atoms with Crippen molar-refractivity contribution in [3.8, 4) is 22.9 Å². The van der Waals surface area contributed by atoms with Crippen molar-refractivity contribution in [3.05, 3.63) is 60.0 Å². The smallest absolute Gasteiger partial charge is 0.231 e. The molecule has 27 heavy (non-hydrogen) atoms. The number of methoxy groups -OCH3 is 2. The zero-order chi connectivity index (χ0) is 18.6. The molecule has 0 saturated carbocycles. The van der Waals surface area contributed by atoms with Crippen molar-refractivity contribution in [2.75, 3.05) is 27.3 Å². The summed E-state index contributed by atoms with van der Waals surface area (Å²) in [7, 11) is 3.34. The number of aromatic nitrogens is 2. The Balaban J connectivity index is 1.39. The molecular formula is C21H23N3O3. The minimum Gasteiger partial charge on any atom is -0.497 e. The van der Waals surface area contributed by atoms with E-state index in [1.807, 2.05) is 36.4 Å². The molecule has 6 heteroatoms. The molecule has 1 saturated heterocycles. The van der Waals surface area contributed by atoms with Gasteiger partial charge in [0.05, 0.1) is 20.1 Å². The molecule has 0 radical (unpaired) electrons. The fourth-order valence-electron chi connectivity index (χ4n) is 3.43. The maximum atomic E-state index is 5.55. The van der Waals surface area contributed by atoms with Crippen LogP contribution in [0.4, 0.5) is 0 Å². The second-order valence-corrected chi connectivity index (χ2v) is 6.75. The third kappa shape index (κ3) is 3.95. The van der Waals surface area contributed by atoms with Gasteiger partial charge in [0.25, 0.3) is 0 Å². The predicted molar refractivity (Wildman–Crippen MR) is 102 cm³/mol. The van der Waals surface area contributed by atoms with Crippen LogP contribution in [0.3, 0.4) is 0 Å². The van der Waals surface area contributed by atoms with E-state index in [0.29, 0.717) is 5.82 Å². The molecule has 1 aromatic heterocycles. The van der Waals surface area contributed by atoms with Crippen molar-refractivity contribution >= 4 is 0 Å². The Labute approximate surface area is 158 Å². The van der Waals surface area contributed by atoms with Gasteiger partial charge in [-0.2, -0.15) is 4.98 Å². The van der Waals surface area contributed by atoms with E-state index in [0.717, 1.165) is 49.0 Å². The molecule has 6 nitrogen and oxygen atoms in total. The third-order valence-corrected chi connectivity index (χ3v) is 4.98. The molecule has 3 aromatic rings. The van der Waals surface area contributed by atoms with E-state index in [2.05, 4.69) is 27.2 Å². The first kappa shape index (κ1) is 17.5. The van der Waals surface area contributed by atoms with Crippen LogP contribution in [0.5, 0.6) is 11.5 Å². The Kier molecular flexibility index (Phi) is 5.07. The zero-order valence-corrected chi connectivity index (χ0v) is 15.6. The number of rotatable bonds is 6. The quantitative estimate of drug-likeness (QED) is 0.663. The summed E-state index contributed by atoms with van der Waals surface area (Å²) in [5, 5.41) is 4.16. The van der Waals surface area contributed by atoms with Crippen LogP contribution in [0.25, 0.3) is 11.4 Å². The van der Waals surface area contributed by atoms with Gasteiger partial charge in [-0.05, 0) is 54.9 Å². The van der Waals surface area contributed by atoms with Crippen LogP contribution < -0.4 is 9.47 Å².